The highest BCUT2D eigenvalue weighted by Gasteiger charge is 2.38. The van der Waals surface area contributed by atoms with E-state index in [9.17, 15) is 0 Å². The number of methoxy groups -OCH3 is 2. The third-order valence-electron chi connectivity index (χ3n) is 3.98. The molecule has 0 bridgehead atoms. The van der Waals surface area contributed by atoms with Crippen molar-refractivity contribution in [2.45, 2.75) is 38.0 Å². The first-order valence-electron chi connectivity index (χ1n) is 6.05. The molecule has 1 aliphatic rings. The van der Waals surface area contributed by atoms with Crippen LogP contribution in [0.25, 0.3) is 0 Å². The molecule has 1 rings (SSSR count). The van der Waals surface area contributed by atoms with E-state index in [1.807, 2.05) is 0 Å². The Kier molecular flexibility index (Phi) is 5.18. The van der Waals surface area contributed by atoms with Crippen LogP contribution < -0.4 is 5.73 Å². The van der Waals surface area contributed by atoms with Gasteiger partial charge in [0.1, 0.15) is 0 Å². The van der Waals surface area contributed by atoms with E-state index in [1.165, 1.54) is 19.3 Å². The second-order valence-corrected chi connectivity index (χ2v) is 5.04. The van der Waals surface area contributed by atoms with Gasteiger partial charge in [0.15, 0.2) is 6.29 Å². The predicted octanol–water partition coefficient (Wildman–Crippen LogP) is 1.05. The summed E-state index contributed by atoms with van der Waals surface area (Å²) in [5.74, 6) is 0.824. The first kappa shape index (κ1) is 13.9. The van der Waals surface area contributed by atoms with Crippen molar-refractivity contribution >= 4 is 0 Å². The van der Waals surface area contributed by atoms with Gasteiger partial charge in [0.05, 0.1) is 5.54 Å². The lowest BCUT2D eigenvalue weighted by molar-refractivity contribution is -0.179. The fourth-order valence-electron chi connectivity index (χ4n) is 2.31. The van der Waals surface area contributed by atoms with Crippen LogP contribution in [0.5, 0.6) is 0 Å². The van der Waals surface area contributed by atoms with Gasteiger partial charge in [-0.3, -0.25) is 4.90 Å². The molecule has 1 fully saturated rings. The fraction of sp³-hybridized carbons (Fsp3) is 1.00. The average molecular weight is 230 g/mol. The van der Waals surface area contributed by atoms with Gasteiger partial charge in [-0.05, 0) is 32.7 Å². The molecule has 0 aromatic heterocycles. The molecule has 4 heteroatoms. The highest BCUT2D eigenvalue weighted by Crippen LogP contribution is 2.30. The minimum atomic E-state index is -0.275. The number of rotatable bonds is 7. The molecule has 1 saturated carbocycles. The van der Waals surface area contributed by atoms with Crippen molar-refractivity contribution in [3.8, 4) is 0 Å². The molecule has 0 aromatic carbocycles. The monoisotopic (exact) mass is 230 g/mol. The van der Waals surface area contributed by atoms with Crippen LogP contribution in [-0.2, 0) is 9.47 Å². The van der Waals surface area contributed by atoms with E-state index in [-0.39, 0.29) is 11.8 Å². The Morgan fingerprint density at radius 1 is 1.38 bits per heavy atom. The van der Waals surface area contributed by atoms with Gasteiger partial charge >= 0.3 is 0 Å². The molecule has 2 N–H and O–H groups in total. The highest BCUT2D eigenvalue weighted by atomic mass is 16.7. The van der Waals surface area contributed by atoms with E-state index < -0.39 is 0 Å². The van der Waals surface area contributed by atoms with Crippen LogP contribution in [0.4, 0.5) is 0 Å². The molecule has 0 heterocycles. The normalized spacial score (nSPS) is 21.2. The van der Waals surface area contributed by atoms with Gasteiger partial charge in [0.25, 0.3) is 0 Å². The Balaban J connectivity index is 2.60. The van der Waals surface area contributed by atoms with Crippen molar-refractivity contribution in [1.82, 2.24) is 4.90 Å². The maximum atomic E-state index is 5.89. The molecule has 4 nitrogen and oxygen atoms in total. The number of nitrogens with zero attached hydrogens (tertiary/aromatic N) is 1. The average Bonchev–Trinajstić information content (AvgIpc) is 2.24. The van der Waals surface area contributed by atoms with Crippen LogP contribution in [0, 0.1) is 5.92 Å². The standard InChI is InChI=1S/C12H26N2O2/c1-12(9-13,11(15-3)16-4)14(2)8-10-6-5-7-10/h10-11H,5-9,13H2,1-4H3. The molecular weight excluding hydrogens is 204 g/mol. The van der Waals surface area contributed by atoms with Crippen molar-refractivity contribution in [3.05, 3.63) is 0 Å². The van der Waals surface area contributed by atoms with Crippen molar-refractivity contribution in [3.63, 3.8) is 0 Å². The van der Waals surface area contributed by atoms with Gasteiger partial charge in [0.2, 0.25) is 0 Å². The van der Waals surface area contributed by atoms with Crippen LogP contribution in [0.2, 0.25) is 0 Å². The van der Waals surface area contributed by atoms with E-state index in [1.54, 1.807) is 14.2 Å². The molecule has 0 aliphatic heterocycles. The summed E-state index contributed by atoms with van der Waals surface area (Å²) in [5.41, 5.74) is 5.64. The second kappa shape index (κ2) is 5.96. The van der Waals surface area contributed by atoms with Crippen molar-refractivity contribution in [2.24, 2.45) is 11.7 Å². The zero-order valence-electron chi connectivity index (χ0n) is 11.0. The lowest BCUT2D eigenvalue weighted by Crippen LogP contribution is -2.60. The van der Waals surface area contributed by atoms with Crippen molar-refractivity contribution in [1.29, 1.82) is 0 Å². The molecule has 1 atom stereocenters. The third kappa shape index (κ3) is 2.74. The Bertz CT molecular complexity index is 205. The molecular formula is C12H26N2O2. The maximum absolute atomic E-state index is 5.89. The highest BCUT2D eigenvalue weighted by molar-refractivity contribution is 4.91. The van der Waals surface area contributed by atoms with Gasteiger partial charge < -0.3 is 15.2 Å². The van der Waals surface area contributed by atoms with Crippen LogP contribution in [0.1, 0.15) is 26.2 Å². The van der Waals surface area contributed by atoms with Gasteiger partial charge in [0, 0.05) is 27.3 Å². The molecule has 1 unspecified atom stereocenters. The van der Waals surface area contributed by atoms with Crippen LogP contribution in [0.15, 0.2) is 0 Å². The summed E-state index contributed by atoms with van der Waals surface area (Å²) in [6, 6.07) is 0. The Hall–Kier alpha value is -0.160. The smallest absolute Gasteiger partial charge is 0.176 e. The van der Waals surface area contributed by atoms with Crippen molar-refractivity contribution in [2.75, 3.05) is 34.4 Å². The van der Waals surface area contributed by atoms with Gasteiger partial charge in [-0.1, -0.05) is 6.42 Å². The topological polar surface area (TPSA) is 47.7 Å². The van der Waals surface area contributed by atoms with E-state index in [0.29, 0.717) is 6.54 Å². The first-order chi connectivity index (χ1) is 7.58. The molecule has 96 valence electrons. The lowest BCUT2D eigenvalue weighted by atomic mass is 9.84. The molecule has 1 aliphatic carbocycles. The van der Waals surface area contributed by atoms with Crippen LogP contribution in [-0.4, -0.2) is 51.1 Å². The van der Waals surface area contributed by atoms with Crippen molar-refractivity contribution < 1.29 is 9.47 Å². The number of likely N-dealkylation sites (N-methyl/N-ethyl adjacent to an activating group) is 1. The fourth-order valence-corrected chi connectivity index (χ4v) is 2.31. The Morgan fingerprint density at radius 2 is 1.94 bits per heavy atom. The lowest BCUT2D eigenvalue weighted by Gasteiger charge is -2.44. The minimum Gasteiger partial charge on any atom is -0.354 e. The van der Waals surface area contributed by atoms with Gasteiger partial charge in [-0.2, -0.15) is 0 Å². The summed E-state index contributed by atoms with van der Waals surface area (Å²) in [4.78, 5) is 2.29. The Labute approximate surface area is 99.1 Å². The molecule has 0 spiro atoms. The number of hydrogen-bond acceptors (Lipinski definition) is 4. The summed E-state index contributed by atoms with van der Waals surface area (Å²) < 4.78 is 10.7. The summed E-state index contributed by atoms with van der Waals surface area (Å²) in [5, 5.41) is 0. The summed E-state index contributed by atoms with van der Waals surface area (Å²) in [6.07, 6.45) is 3.78. The molecule has 0 aromatic rings. The third-order valence-corrected chi connectivity index (χ3v) is 3.98. The SMILES string of the molecule is COC(OC)C(C)(CN)N(C)CC1CCC1. The number of ether oxygens (including phenoxy) is 2. The zero-order chi connectivity index (χ0) is 12.2. The molecule has 0 radical (unpaired) electrons. The summed E-state index contributed by atoms with van der Waals surface area (Å²) in [7, 11) is 5.44. The van der Waals surface area contributed by atoms with E-state index in [0.717, 1.165) is 12.5 Å². The van der Waals surface area contributed by atoms with E-state index >= 15 is 0 Å². The maximum Gasteiger partial charge on any atom is 0.176 e. The molecule has 0 amide bonds. The zero-order valence-corrected chi connectivity index (χ0v) is 11.0. The minimum absolute atomic E-state index is 0.251. The van der Waals surface area contributed by atoms with Gasteiger partial charge in [-0.15, -0.1) is 0 Å². The Morgan fingerprint density at radius 3 is 2.25 bits per heavy atom. The van der Waals surface area contributed by atoms with Gasteiger partial charge in [-0.25, -0.2) is 0 Å². The summed E-state index contributed by atoms with van der Waals surface area (Å²) in [6.45, 7) is 3.71. The second-order valence-electron chi connectivity index (χ2n) is 5.04. The molecule has 0 saturated heterocycles. The first-order valence-corrected chi connectivity index (χ1v) is 6.05. The number of nitrogens with two attached hydrogens (primary N) is 1. The largest absolute Gasteiger partial charge is 0.354 e. The van der Waals surface area contributed by atoms with Crippen LogP contribution >= 0.6 is 0 Å². The van der Waals surface area contributed by atoms with E-state index in [2.05, 4.69) is 18.9 Å². The van der Waals surface area contributed by atoms with E-state index in [4.69, 9.17) is 15.2 Å². The quantitative estimate of drug-likeness (QED) is 0.664. The number of hydrogen-bond donors (Lipinski definition) is 1. The van der Waals surface area contributed by atoms with Crippen LogP contribution in [0.3, 0.4) is 0 Å². The summed E-state index contributed by atoms with van der Waals surface area (Å²) >= 11 is 0. The molecule has 16 heavy (non-hydrogen) atoms. The predicted molar refractivity (Wildman–Crippen MR) is 65.2 cm³/mol.